The van der Waals surface area contributed by atoms with Crippen LogP contribution in [-0.2, 0) is 6.54 Å². The van der Waals surface area contributed by atoms with Gasteiger partial charge in [-0.25, -0.2) is 0 Å². The van der Waals surface area contributed by atoms with Gasteiger partial charge in [0.15, 0.2) is 11.5 Å². The summed E-state index contributed by atoms with van der Waals surface area (Å²) >= 11 is 6.11. The maximum absolute atomic E-state index is 6.11. The predicted octanol–water partition coefficient (Wildman–Crippen LogP) is 3.68. The third kappa shape index (κ3) is 8.30. The first kappa shape index (κ1) is 23.9. The van der Waals surface area contributed by atoms with Gasteiger partial charge in [-0.3, -0.25) is 0 Å². The number of methoxy groups -OCH3 is 1. The lowest BCUT2D eigenvalue weighted by atomic mass is 10.1. The number of hydrogen-bond acceptors (Lipinski definition) is 4. The van der Waals surface area contributed by atoms with Crippen LogP contribution in [-0.4, -0.2) is 33.4 Å². The monoisotopic (exact) mass is 372 g/mol. The van der Waals surface area contributed by atoms with Gasteiger partial charge < -0.3 is 20.1 Å². The van der Waals surface area contributed by atoms with Crippen molar-refractivity contribution in [2.75, 3.05) is 33.4 Å². The molecule has 0 aliphatic heterocycles. The van der Waals surface area contributed by atoms with Crippen LogP contribution in [0.4, 0.5) is 0 Å². The van der Waals surface area contributed by atoms with Crippen molar-refractivity contribution in [3.05, 3.63) is 22.7 Å². The minimum Gasteiger partial charge on any atom is -0.493 e. The highest BCUT2D eigenvalue weighted by Gasteiger charge is 2.12. The predicted molar refractivity (Wildman–Crippen MR) is 98.5 cm³/mol. The lowest BCUT2D eigenvalue weighted by Gasteiger charge is -2.15. The van der Waals surface area contributed by atoms with E-state index >= 15 is 0 Å². The number of ether oxygens (including phenoxy) is 2. The molecule has 0 amide bonds. The fourth-order valence-corrected chi connectivity index (χ4v) is 2.18. The van der Waals surface area contributed by atoms with Crippen LogP contribution < -0.4 is 20.1 Å². The molecule has 0 radical (unpaired) electrons. The van der Waals surface area contributed by atoms with Gasteiger partial charge in [0.25, 0.3) is 0 Å². The highest BCUT2D eigenvalue weighted by Crippen LogP contribution is 2.34. The Labute approximate surface area is 151 Å². The van der Waals surface area contributed by atoms with Crippen molar-refractivity contribution in [1.82, 2.24) is 10.6 Å². The second-order valence-electron chi connectivity index (χ2n) is 4.41. The molecule has 0 aliphatic carbocycles. The number of halogens is 3. The normalized spacial score (nSPS) is 9.64. The molecule has 1 aromatic rings. The van der Waals surface area contributed by atoms with Gasteiger partial charge in [-0.2, -0.15) is 0 Å². The summed E-state index contributed by atoms with van der Waals surface area (Å²) in [5.41, 5.74) is 1.03. The molecule has 130 valence electrons. The summed E-state index contributed by atoms with van der Waals surface area (Å²) in [6, 6.07) is 3.70. The Kier molecular flexibility index (Phi) is 15.4. The first-order chi connectivity index (χ1) is 9.72. The van der Waals surface area contributed by atoms with Crippen LogP contribution in [0.15, 0.2) is 12.1 Å². The van der Waals surface area contributed by atoms with E-state index in [0.717, 1.165) is 43.9 Å². The first-order valence-electron chi connectivity index (χ1n) is 7.13. The van der Waals surface area contributed by atoms with E-state index in [4.69, 9.17) is 21.1 Å². The van der Waals surface area contributed by atoms with Gasteiger partial charge in [-0.15, -0.1) is 24.8 Å². The van der Waals surface area contributed by atoms with Crippen LogP contribution in [0.5, 0.6) is 11.5 Å². The Morgan fingerprint density at radius 2 is 1.77 bits per heavy atom. The molecule has 1 aromatic carbocycles. The SMILES string of the molecule is CCNCCCNCc1cc(Cl)cc(OC)c1OCC.Cl.Cl. The fraction of sp³-hybridized carbons (Fsp3) is 0.600. The number of benzene rings is 1. The summed E-state index contributed by atoms with van der Waals surface area (Å²) in [6.07, 6.45) is 1.09. The molecule has 0 atom stereocenters. The van der Waals surface area contributed by atoms with Crippen LogP contribution in [0, 0.1) is 0 Å². The topological polar surface area (TPSA) is 42.5 Å². The molecule has 22 heavy (non-hydrogen) atoms. The van der Waals surface area contributed by atoms with Crippen molar-refractivity contribution in [2.45, 2.75) is 26.8 Å². The first-order valence-corrected chi connectivity index (χ1v) is 7.51. The highest BCUT2D eigenvalue weighted by atomic mass is 35.5. The van der Waals surface area contributed by atoms with E-state index < -0.39 is 0 Å². The Bertz CT molecular complexity index is 407. The van der Waals surface area contributed by atoms with Crippen LogP contribution in [0.3, 0.4) is 0 Å². The Morgan fingerprint density at radius 3 is 2.36 bits per heavy atom. The van der Waals surface area contributed by atoms with E-state index in [2.05, 4.69) is 17.6 Å². The fourth-order valence-electron chi connectivity index (χ4n) is 1.95. The van der Waals surface area contributed by atoms with Crippen molar-refractivity contribution >= 4 is 36.4 Å². The zero-order valence-electron chi connectivity index (χ0n) is 13.4. The number of hydrogen-bond donors (Lipinski definition) is 2. The van der Waals surface area contributed by atoms with E-state index in [1.54, 1.807) is 13.2 Å². The summed E-state index contributed by atoms with van der Waals surface area (Å²) in [4.78, 5) is 0. The van der Waals surface area contributed by atoms with Gasteiger partial charge in [0, 0.05) is 23.2 Å². The minimum atomic E-state index is 0. The number of rotatable bonds is 10. The number of nitrogens with one attached hydrogen (secondary N) is 2. The zero-order valence-corrected chi connectivity index (χ0v) is 15.8. The third-order valence-electron chi connectivity index (χ3n) is 2.88. The van der Waals surface area contributed by atoms with Crippen LogP contribution in [0.25, 0.3) is 0 Å². The Morgan fingerprint density at radius 1 is 1.09 bits per heavy atom. The second kappa shape index (κ2) is 14.2. The van der Waals surface area contributed by atoms with E-state index in [1.807, 2.05) is 13.0 Å². The lowest BCUT2D eigenvalue weighted by Crippen LogP contribution is -2.21. The average molecular weight is 374 g/mol. The van der Waals surface area contributed by atoms with Gasteiger partial charge in [-0.05, 0) is 39.0 Å². The zero-order chi connectivity index (χ0) is 14.8. The summed E-state index contributed by atoms with van der Waals surface area (Å²) in [5.74, 6) is 1.46. The van der Waals surface area contributed by atoms with Crippen LogP contribution in [0.1, 0.15) is 25.8 Å². The van der Waals surface area contributed by atoms with Crippen molar-refractivity contribution in [3.63, 3.8) is 0 Å². The largest absolute Gasteiger partial charge is 0.493 e. The van der Waals surface area contributed by atoms with Crippen LogP contribution in [0.2, 0.25) is 5.02 Å². The smallest absolute Gasteiger partial charge is 0.165 e. The summed E-state index contributed by atoms with van der Waals surface area (Å²) in [5, 5.41) is 7.37. The Hall–Kier alpha value is -0.390. The Balaban J connectivity index is 0. The third-order valence-corrected chi connectivity index (χ3v) is 3.10. The summed E-state index contributed by atoms with van der Waals surface area (Å²) < 4.78 is 11.0. The molecular formula is C15H27Cl3N2O2. The quantitative estimate of drug-likeness (QED) is 0.614. The molecular weight excluding hydrogens is 347 g/mol. The molecule has 0 unspecified atom stereocenters. The highest BCUT2D eigenvalue weighted by molar-refractivity contribution is 6.30. The maximum Gasteiger partial charge on any atom is 0.165 e. The van der Waals surface area contributed by atoms with Crippen molar-refractivity contribution in [2.24, 2.45) is 0 Å². The van der Waals surface area contributed by atoms with Crippen molar-refractivity contribution in [1.29, 1.82) is 0 Å². The van der Waals surface area contributed by atoms with Gasteiger partial charge in [0.2, 0.25) is 0 Å². The summed E-state index contributed by atoms with van der Waals surface area (Å²) in [6.45, 7) is 8.39. The second-order valence-corrected chi connectivity index (χ2v) is 4.85. The standard InChI is InChI=1S/C15H25ClN2O2.2ClH/c1-4-17-7-6-8-18-11-12-9-13(16)10-14(19-3)15(12)20-5-2;;/h9-10,17-18H,4-8,11H2,1-3H3;2*1H. The van der Waals surface area contributed by atoms with Gasteiger partial charge in [0.05, 0.1) is 13.7 Å². The molecule has 4 nitrogen and oxygen atoms in total. The molecule has 0 saturated heterocycles. The average Bonchev–Trinajstić information content (AvgIpc) is 2.45. The van der Waals surface area contributed by atoms with Crippen molar-refractivity contribution in [3.8, 4) is 11.5 Å². The molecule has 0 aliphatic rings. The molecule has 0 heterocycles. The molecule has 0 fully saturated rings. The van der Waals surface area contributed by atoms with Crippen LogP contribution >= 0.6 is 36.4 Å². The van der Waals surface area contributed by atoms with Gasteiger partial charge >= 0.3 is 0 Å². The van der Waals surface area contributed by atoms with Crippen molar-refractivity contribution < 1.29 is 9.47 Å². The maximum atomic E-state index is 6.11. The van der Waals surface area contributed by atoms with Gasteiger partial charge in [0.1, 0.15) is 0 Å². The molecule has 7 heteroatoms. The lowest BCUT2D eigenvalue weighted by molar-refractivity contribution is 0.307. The molecule has 1 rings (SSSR count). The molecule has 2 N–H and O–H groups in total. The summed E-state index contributed by atoms with van der Waals surface area (Å²) in [7, 11) is 1.63. The minimum absolute atomic E-state index is 0. The van der Waals surface area contributed by atoms with E-state index in [9.17, 15) is 0 Å². The molecule has 0 bridgehead atoms. The van der Waals surface area contributed by atoms with E-state index in [0.29, 0.717) is 17.4 Å². The molecule has 0 spiro atoms. The van der Waals surface area contributed by atoms with Gasteiger partial charge in [-0.1, -0.05) is 18.5 Å². The molecule has 0 saturated carbocycles. The molecule has 0 aromatic heterocycles. The van der Waals surface area contributed by atoms with E-state index in [-0.39, 0.29) is 24.8 Å². The van der Waals surface area contributed by atoms with E-state index in [1.165, 1.54) is 0 Å².